The first-order valence-corrected chi connectivity index (χ1v) is 7.82. The number of rotatable bonds is 10. The first-order valence-electron chi connectivity index (χ1n) is 7.01. The van der Waals surface area contributed by atoms with Crippen LogP contribution in [-0.4, -0.2) is 50.6 Å². The van der Waals surface area contributed by atoms with Gasteiger partial charge >= 0.3 is 0 Å². The molecule has 116 valence electrons. The topological polar surface area (TPSA) is 54.8 Å². The number of hydrogen-bond acceptors (Lipinski definition) is 6. The molecule has 0 aliphatic rings. The van der Waals surface area contributed by atoms with E-state index in [2.05, 4.69) is 18.7 Å². The van der Waals surface area contributed by atoms with Crippen molar-refractivity contribution in [3.05, 3.63) is 10.6 Å². The van der Waals surface area contributed by atoms with E-state index >= 15 is 0 Å². The number of ether oxygens (including phenoxy) is 2. The largest absolute Gasteiger partial charge is 0.391 e. The molecule has 0 spiro atoms. The Bertz CT molecular complexity index is 376. The number of nitrogens with zero attached hydrogens (tertiary/aromatic N) is 2. The normalized spacial score (nSPS) is 12.7. The second kappa shape index (κ2) is 9.28. The number of anilines is 1. The number of aliphatic hydroxyl groups is 1. The summed E-state index contributed by atoms with van der Waals surface area (Å²) in [6.07, 6.45) is 1.02. The number of aromatic nitrogens is 1. The highest BCUT2D eigenvalue weighted by atomic mass is 32.1. The van der Waals surface area contributed by atoms with Gasteiger partial charge in [-0.1, -0.05) is 25.2 Å². The van der Waals surface area contributed by atoms with Gasteiger partial charge in [-0.2, -0.15) is 0 Å². The van der Waals surface area contributed by atoms with Gasteiger partial charge in [0.05, 0.1) is 30.4 Å². The van der Waals surface area contributed by atoms with Crippen molar-refractivity contribution in [3.63, 3.8) is 0 Å². The summed E-state index contributed by atoms with van der Waals surface area (Å²) in [6, 6.07) is 0. The van der Waals surface area contributed by atoms with Gasteiger partial charge in [0, 0.05) is 27.3 Å². The highest BCUT2D eigenvalue weighted by Crippen LogP contribution is 2.32. The molecule has 5 nitrogen and oxygen atoms in total. The molecular formula is C14H26N2O3S. The first kappa shape index (κ1) is 17.4. The van der Waals surface area contributed by atoms with Gasteiger partial charge in [-0.15, -0.1) is 0 Å². The maximum atomic E-state index is 9.51. The molecule has 0 aliphatic heterocycles. The number of thiazole rings is 1. The van der Waals surface area contributed by atoms with Gasteiger partial charge in [0.2, 0.25) is 0 Å². The zero-order chi connectivity index (χ0) is 15.0. The van der Waals surface area contributed by atoms with Crippen LogP contribution in [0.3, 0.4) is 0 Å². The molecule has 1 atom stereocenters. The van der Waals surface area contributed by atoms with Crippen LogP contribution in [0.25, 0.3) is 0 Å². The van der Waals surface area contributed by atoms with E-state index in [9.17, 15) is 5.11 Å². The molecule has 0 bridgehead atoms. The van der Waals surface area contributed by atoms with E-state index in [1.807, 2.05) is 0 Å². The molecule has 1 unspecified atom stereocenters. The van der Waals surface area contributed by atoms with Crippen LogP contribution in [0.4, 0.5) is 5.13 Å². The van der Waals surface area contributed by atoms with Crippen LogP contribution in [0.15, 0.2) is 0 Å². The third-order valence-corrected chi connectivity index (χ3v) is 4.46. The Morgan fingerprint density at radius 2 is 1.85 bits per heavy atom. The van der Waals surface area contributed by atoms with Gasteiger partial charge in [0.1, 0.15) is 0 Å². The van der Waals surface area contributed by atoms with E-state index in [1.165, 1.54) is 0 Å². The van der Waals surface area contributed by atoms with E-state index in [0.717, 1.165) is 35.2 Å². The predicted molar refractivity (Wildman–Crippen MR) is 82.7 cm³/mol. The summed E-state index contributed by atoms with van der Waals surface area (Å²) < 4.78 is 10.3. The molecule has 6 heteroatoms. The minimum absolute atomic E-state index is 0.0553. The molecule has 0 amide bonds. The van der Waals surface area contributed by atoms with Crippen LogP contribution in [0, 0.1) is 0 Å². The lowest BCUT2D eigenvalue weighted by atomic mass is 10.0. The predicted octanol–water partition coefficient (Wildman–Crippen LogP) is 2.25. The molecular weight excluding hydrogens is 276 g/mol. The van der Waals surface area contributed by atoms with Gasteiger partial charge < -0.3 is 19.5 Å². The molecule has 1 N–H and O–H groups in total. The summed E-state index contributed by atoms with van der Waals surface area (Å²) in [4.78, 5) is 7.85. The number of methoxy groups -OCH3 is 2. The van der Waals surface area contributed by atoms with Crippen molar-refractivity contribution in [3.8, 4) is 0 Å². The fraction of sp³-hybridized carbons (Fsp3) is 0.786. The minimum Gasteiger partial charge on any atom is -0.391 e. The minimum atomic E-state index is 0.0553. The Kier molecular flexibility index (Phi) is 8.06. The Hall–Kier alpha value is -0.690. The molecule has 1 rings (SSSR count). The summed E-state index contributed by atoms with van der Waals surface area (Å²) in [5, 5.41) is 10.5. The first-order chi connectivity index (χ1) is 9.67. The zero-order valence-corrected chi connectivity index (χ0v) is 13.7. The van der Waals surface area contributed by atoms with Crippen molar-refractivity contribution in [2.24, 2.45) is 0 Å². The lowest BCUT2D eigenvalue weighted by Gasteiger charge is -2.21. The van der Waals surface area contributed by atoms with Crippen molar-refractivity contribution >= 4 is 16.5 Å². The van der Waals surface area contributed by atoms with Gasteiger partial charge in [-0.05, 0) is 12.3 Å². The highest BCUT2D eigenvalue weighted by Gasteiger charge is 2.18. The van der Waals surface area contributed by atoms with E-state index in [1.54, 1.807) is 25.6 Å². The second-order valence-electron chi connectivity index (χ2n) is 4.74. The van der Waals surface area contributed by atoms with Crippen molar-refractivity contribution in [1.29, 1.82) is 0 Å². The molecule has 20 heavy (non-hydrogen) atoms. The Labute approximate surface area is 125 Å². The molecule has 0 radical (unpaired) electrons. The van der Waals surface area contributed by atoms with Crippen LogP contribution in [0.5, 0.6) is 0 Å². The van der Waals surface area contributed by atoms with Crippen molar-refractivity contribution in [1.82, 2.24) is 4.98 Å². The van der Waals surface area contributed by atoms with Crippen LogP contribution < -0.4 is 4.90 Å². The molecule has 0 aromatic carbocycles. The average molecular weight is 302 g/mol. The summed E-state index contributed by atoms with van der Waals surface area (Å²) >= 11 is 1.57. The summed E-state index contributed by atoms with van der Waals surface area (Å²) in [5.41, 5.74) is 1.02. The lowest BCUT2D eigenvalue weighted by molar-refractivity contribution is 0.190. The van der Waals surface area contributed by atoms with Crippen molar-refractivity contribution in [2.75, 3.05) is 45.4 Å². The lowest BCUT2D eigenvalue weighted by Crippen LogP contribution is -2.30. The molecule has 0 aliphatic carbocycles. The Balaban J connectivity index is 2.91. The third kappa shape index (κ3) is 4.70. The quantitative estimate of drug-likeness (QED) is 0.718. The van der Waals surface area contributed by atoms with Crippen molar-refractivity contribution in [2.45, 2.75) is 32.8 Å². The van der Waals surface area contributed by atoms with Crippen LogP contribution in [0.1, 0.15) is 36.8 Å². The molecule has 1 heterocycles. The maximum absolute atomic E-state index is 9.51. The molecule has 1 aromatic heterocycles. The van der Waals surface area contributed by atoms with Gasteiger partial charge in [-0.25, -0.2) is 4.98 Å². The number of aliphatic hydroxyl groups excluding tert-OH is 1. The van der Waals surface area contributed by atoms with Crippen LogP contribution in [-0.2, 0) is 16.1 Å². The van der Waals surface area contributed by atoms with E-state index in [4.69, 9.17) is 14.5 Å². The monoisotopic (exact) mass is 302 g/mol. The van der Waals surface area contributed by atoms with Crippen LogP contribution in [0.2, 0.25) is 0 Å². The standard InChI is InChI=1S/C14H26N2O3S/c1-5-11(2)13-12(10-17)20-14(15-13)16(6-8-18-3)7-9-19-4/h11,17H,5-10H2,1-4H3. The SMILES string of the molecule is CCC(C)c1nc(N(CCOC)CCOC)sc1CO. The summed E-state index contributed by atoms with van der Waals surface area (Å²) in [5.74, 6) is 0.369. The molecule has 0 fully saturated rings. The maximum Gasteiger partial charge on any atom is 0.186 e. The average Bonchev–Trinajstić information content (AvgIpc) is 2.90. The van der Waals surface area contributed by atoms with E-state index in [0.29, 0.717) is 19.1 Å². The van der Waals surface area contributed by atoms with Gasteiger partial charge in [0.15, 0.2) is 5.13 Å². The second-order valence-corrected chi connectivity index (χ2v) is 5.81. The molecule has 0 saturated carbocycles. The van der Waals surface area contributed by atoms with Gasteiger partial charge in [-0.3, -0.25) is 0 Å². The molecule has 1 aromatic rings. The zero-order valence-electron chi connectivity index (χ0n) is 12.9. The smallest absolute Gasteiger partial charge is 0.186 e. The van der Waals surface area contributed by atoms with Crippen LogP contribution >= 0.6 is 11.3 Å². The Morgan fingerprint density at radius 1 is 1.25 bits per heavy atom. The van der Waals surface area contributed by atoms with Crippen molar-refractivity contribution < 1.29 is 14.6 Å². The fourth-order valence-electron chi connectivity index (χ4n) is 1.88. The van der Waals surface area contributed by atoms with E-state index in [-0.39, 0.29) is 6.61 Å². The highest BCUT2D eigenvalue weighted by molar-refractivity contribution is 7.15. The Morgan fingerprint density at radius 3 is 2.30 bits per heavy atom. The van der Waals surface area contributed by atoms with Gasteiger partial charge in [0.25, 0.3) is 0 Å². The molecule has 0 saturated heterocycles. The number of hydrogen-bond donors (Lipinski definition) is 1. The third-order valence-electron chi connectivity index (χ3n) is 3.34. The summed E-state index contributed by atoms with van der Waals surface area (Å²) in [7, 11) is 3.39. The fourth-order valence-corrected chi connectivity index (χ4v) is 2.98. The van der Waals surface area contributed by atoms with E-state index < -0.39 is 0 Å². The summed E-state index contributed by atoms with van der Waals surface area (Å²) in [6.45, 7) is 7.19.